The fraction of sp³-hybridized carbons (Fsp3) is 0.800. The van der Waals surface area contributed by atoms with Crippen molar-refractivity contribution in [2.24, 2.45) is 33.7 Å². The molecule has 0 bridgehead atoms. The van der Waals surface area contributed by atoms with Crippen molar-refractivity contribution >= 4 is 23.0 Å². The van der Waals surface area contributed by atoms with E-state index in [1.54, 1.807) is 0 Å². The highest BCUT2D eigenvalue weighted by Crippen LogP contribution is 2.44. The Morgan fingerprint density at radius 2 is 1.12 bits per heavy atom. The van der Waals surface area contributed by atoms with Crippen molar-refractivity contribution in [2.45, 2.75) is 76.3 Å². The summed E-state index contributed by atoms with van der Waals surface area (Å²) in [5.74, 6) is 1.06. The summed E-state index contributed by atoms with van der Waals surface area (Å²) >= 11 is 0. The standard InChI is InChI=1S/C20H26N2O2/c23-19-11-5-1-3-7-15(11)21-17-10-14-18(9-13(17)19)22-16-8-4-2-6-12(16)20(14)24/h11-14,17-18H,1-10H2. The highest BCUT2D eigenvalue weighted by molar-refractivity contribution is 6.10. The third-order valence-electron chi connectivity index (χ3n) is 7.16. The predicted molar refractivity (Wildman–Crippen MR) is 92.6 cm³/mol. The molecule has 0 spiro atoms. The zero-order valence-corrected chi connectivity index (χ0v) is 14.2. The Labute approximate surface area is 143 Å². The molecule has 2 heterocycles. The van der Waals surface area contributed by atoms with E-state index in [1.807, 2.05) is 0 Å². The lowest BCUT2D eigenvalue weighted by molar-refractivity contribution is -0.133. The first-order chi connectivity index (χ1) is 11.7. The number of ketones is 2. The van der Waals surface area contributed by atoms with E-state index in [2.05, 4.69) is 0 Å². The number of hydrogen-bond donors (Lipinski definition) is 0. The minimum absolute atomic E-state index is 0.0235. The predicted octanol–water partition coefficient (Wildman–Crippen LogP) is 3.18. The van der Waals surface area contributed by atoms with Crippen molar-refractivity contribution in [1.29, 1.82) is 0 Å². The zero-order chi connectivity index (χ0) is 16.3. The van der Waals surface area contributed by atoms with E-state index in [9.17, 15) is 9.59 Å². The van der Waals surface area contributed by atoms with Gasteiger partial charge in [-0.2, -0.15) is 0 Å². The van der Waals surface area contributed by atoms with Gasteiger partial charge in [0.05, 0.1) is 23.9 Å². The van der Waals surface area contributed by atoms with Gasteiger partial charge >= 0.3 is 0 Å². The molecule has 0 aromatic carbocycles. The lowest BCUT2D eigenvalue weighted by atomic mass is 9.63. The number of carbonyl (C=O) groups is 2. The smallest absolute Gasteiger partial charge is 0.146 e. The third kappa shape index (κ3) is 2.18. The third-order valence-corrected chi connectivity index (χ3v) is 7.16. The summed E-state index contributed by atoms with van der Waals surface area (Å²) in [5.41, 5.74) is 2.30. The second kappa shape index (κ2) is 5.60. The van der Waals surface area contributed by atoms with Crippen LogP contribution in [0.4, 0.5) is 0 Å². The van der Waals surface area contributed by atoms with Crippen molar-refractivity contribution < 1.29 is 9.59 Å². The van der Waals surface area contributed by atoms with E-state index in [0.29, 0.717) is 11.6 Å². The summed E-state index contributed by atoms with van der Waals surface area (Å²) in [6, 6.07) is 0.125. The Kier molecular flexibility index (Phi) is 3.50. The van der Waals surface area contributed by atoms with Crippen molar-refractivity contribution in [3.8, 4) is 0 Å². The molecule has 24 heavy (non-hydrogen) atoms. The quantitative estimate of drug-likeness (QED) is 0.686. The van der Waals surface area contributed by atoms with Crippen LogP contribution < -0.4 is 0 Å². The molecule has 0 aromatic rings. The van der Waals surface area contributed by atoms with Gasteiger partial charge in [-0.1, -0.05) is 12.8 Å². The largest absolute Gasteiger partial charge is 0.299 e. The summed E-state index contributed by atoms with van der Waals surface area (Å²) in [6.07, 6.45) is 10.1. The van der Waals surface area contributed by atoms with Crippen molar-refractivity contribution in [1.82, 2.24) is 0 Å². The van der Waals surface area contributed by atoms with E-state index in [1.165, 1.54) is 12.8 Å². The van der Waals surface area contributed by atoms with E-state index < -0.39 is 0 Å². The van der Waals surface area contributed by atoms with E-state index in [0.717, 1.165) is 62.8 Å². The Balaban J connectivity index is 1.46. The molecular weight excluding hydrogens is 300 g/mol. The average Bonchev–Trinajstić information content (AvgIpc) is 2.62. The molecule has 3 aliphatic carbocycles. The first kappa shape index (κ1) is 15.0. The molecule has 128 valence electrons. The topological polar surface area (TPSA) is 58.9 Å². The highest BCUT2D eigenvalue weighted by Gasteiger charge is 2.51. The van der Waals surface area contributed by atoms with Gasteiger partial charge in [0.25, 0.3) is 0 Å². The summed E-state index contributed by atoms with van der Waals surface area (Å²) < 4.78 is 0. The van der Waals surface area contributed by atoms with Gasteiger partial charge in [0.15, 0.2) is 0 Å². The average molecular weight is 326 g/mol. The van der Waals surface area contributed by atoms with E-state index in [4.69, 9.17) is 9.98 Å². The molecule has 3 saturated carbocycles. The highest BCUT2D eigenvalue weighted by atomic mass is 16.1. The Morgan fingerprint density at radius 1 is 0.667 bits per heavy atom. The van der Waals surface area contributed by atoms with Crippen molar-refractivity contribution in [3.63, 3.8) is 0 Å². The maximum absolute atomic E-state index is 13.0. The lowest BCUT2D eigenvalue weighted by Crippen LogP contribution is -2.53. The normalized spacial score (nSPS) is 44.5. The van der Waals surface area contributed by atoms with Crippen LogP contribution in [0.15, 0.2) is 9.98 Å². The number of aliphatic imine (C=N–C) groups is 2. The molecule has 0 radical (unpaired) electrons. The van der Waals surface area contributed by atoms with Crippen LogP contribution in [-0.4, -0.2) is 35.1 Å². The maximum Gasteiger partial charge on any atom is 0.146 e. The van der Waals surface area contributed by atoms with Crippen LogP contribution in [0, 0.1) is 23.7 Å². The molecule has 0 aromatic heterocycles. The van der Waals surface area contributed by atoms with Crippen LogP contribution in [0.3, 0.4) is 0 Å². The summed E-state index contributed by atoms with van der Waals surface area (Å²) in [6.45, 7) is 0. The fourth-order valence-corrected chi connectivity index (χ4v) is 5.92. The zero-order valence-electron chi connectivity index (χ0n) is 14.2. The molecule has 0 amide bonds. The van der Waals surface area contributed by atoms with Gasteiger partial charge in [-0.25, -0.2) is 0 Å². The van der Waals surface area contributed by atoms with Gasteiger partial charge in [-0.15, -0.1) is 0 Å². The van der Waals surface area contributed by atoms with Crippen LogP contribution in [0.2, 0.25) is 0 Å². The number of Topliss-reactive ketones (excluding diaryl/α,β-unsaturated/α-hetero) is 2. The minimum Gasteiger partial charge on any atom is -0.299 e. The molecule has 4 heteroatoms. The monoisotopic (exact) mass is 326 g/mol. The number of fused-ring (bicyclic) bond motifs is 4. The Morgan fingerprint density at radius 3 is 1.58 bits per heavy atom. The second-order valence-electron chi connectivity index (χ2n) is 8.46. The SMILES string of the molecule is O=C1C2CCCCC2=NC2CC3C(=O)C4CCCCC4=NC3CC12. The van der Waals surface area contributed by atoms with Crippen LogP contribution in [-0.2, 0) is 9.59 Å². The number of carbonyl (C=O) groups excluding carboxylic acids is 2. The van der Waals surface area contributed by atoms with Crippen molar-refractivity contribution in [3.05, 3.63) is 0 Å². The van der Waals surface area contributed by atoms with Crippen LogP contribution in [0.5, 0.6) is 0 Å². The van der Waals surface area contributed by atoms with Gasteiger partial charge in [0.1, 0.15) is 11.6 Å². The summed E-state index contributed by atoms with van der Waals surface area (Å²) in [5, 5.41) is 0. The van der Waals surface area contributed by atoms with E-state index in [-0.39, 0.29) is 35.8 Å². The minimum atomic E-state index is 0.0235. The number of hydrogen-bond acceptors (Lipinski definition) is 4. The number of nitrogens with zero attached hydrogens (tertiary/aromatic N) is 2. The summed E-state index contributed by atoms with van der Waals surface area (Å²) in [4.78, 5) is 36.0. The van der Waals surface area contributed by atoms with Crippen LogP contribution in [0.25, 0.3) is 0 Å². The van der Waals surface area contributed by atoms with Gasteiger partial charge in [-0.3, -0.25) is 19.6 Å². The van der Waals surface area contributed by atoms with Gasteiger partial charge in [0.2, 0.25) is 0 Å². The second-order valence-corrected chi connectivity index (χ2v) is 8.46. The molecule has 2 aliphatic heterocycles. The molecule has 0 N–H and O–H groups in total. The first-order valence-corrected chi connectivity index (χ1v) is 9.93. The molecule has 3 fully saturated rings. The Hall–Kier alpha value is -1.32. The number of rotatable bonds is 0. The van der Waals surface area contributed by atoms with Crippen LogP contribution >= 0.6 is 0 Å². The molecular formula is C20H26N2O2. The van der Waals surface area contributed by atoms with E-state index >= 15 is 0 Å². The Bertz CT molecular complexity index is 594. The van der Waals surface area contributed by atoms with Crippen molar-refractivity contribution in [2.75, 3.05) is 0 Å². The lowest BCUT2D eigenvalue weighted by Gasteiger charge is -2.45. The molecule has 4 nitrogen and oxygen atoms in total. The van der Waals surface area contributed by atoms with Gasteiger partial charge in [0, 0.05) is 23.3 Å². The molecule has 5 aliphatic rings. The van der Waals surface area contributed by atoms with Crippen LogP contribution in [0.1, 0.15) is 64.2 Å². The molecule has 6 unspecified atom stereocenters. The first-order valence-electron chi connectivity index (χ1n) is 9.93. The van der Waals surface area contributed by atoms with Gasteiger partial charge in [-0.05, 0) is 51.4 Å². The summed E-state index contributed by atoms with van der Waals surface area (Å²) in [7, 11) is 0. The molecule has 5 rings (SSSR count). The molecule has 0 saturated heterocycles. The van der Waals surface area contributed by atoms with Gasteiger partial charge < -0.3 is 0 Å². The maximum atomic E-state index is 13.0. The molecule has 6 atom stereocenters. The fourth-order valence-electron chi connectivity index (χ4n) is 5.92.